The van der Waals surface area contributed by atoms with Crippen LogP contribution in [-0.2, 0) is 11.3 Å². The fourth-order valence-corrected chi connectivity index (χ4v) is 3.92. The van der Waals surface area contributed by atoms with E-state index in [4.69, 9.17) is 5.73 Å². The van der Waals surface area contributed by atoms with E-state index in [9.17, 15) is 9.90 Å². The summed E-state index contributed by atoms with van der Waals surface area (Å²) >= 11 is 0. The first-order valence-corrected chi connectivity index (χ1v) is 7.39. The van der Waals surface area contributed by atoms with Crippen molar-refractivity contribution in [3.05, 3.63) is 35.9 Å². The number of nitrogens with zero attached hydrogens (tertiary/aromatic N) is 1. The number of carboxylic acids is 1. The van der Waals surface area contributed by atoms with Gasteiger partial charge in [0.25, 0.3) is 0 Å². The third kappa shape index (κ3) is 2.23. The average Bonchev–Trinajstić information content (AvgIpc) is 2.41. The van der Waals surface area contributed by atoms with Crippen molar-refractivity contribution in [2.24, 2.45) is 17.6 Å². The molecule has 2 fully saturated rings. The summed E-state index contributed by atoms with van der Waals surface area (Å²) in [5, 5.41) is 9.54. The van der Waals surface area contributed by atoms with Gasteiger partial charge in [0.2, 0.25) is 0 Å². The molecule has 1 saturated carbocycles. The fraction of sp³-hybridized carbons (Fsp3) is 0.562. The van der Waals surface area contributed by atoms with Gasteiger partial charge in [0.1, 0.15) is 5.54 Å². The summed E-state index contributed by atoms with van der Waals surface area (Å²) in [4.78, 5) is 14.0. The SMILES string of the molecule is NC1(C(=O)O)C2CCCC1CN(Cc1ccccc1)C2. The van der Waals surface area contributed by atoms with Crippen LogP contribution in [0.5, 0.6) is 0 Å². The van der Waals surface area contributed by atoms with E-state index < -0.39 is 11.5 Å². The number of hydrogen-bond acceptors (Lipinski definition) is 3. The van der Waals surface area contributed by atoms with Crippen molar-refractivity contribution in [3.63, 3.8) is 0 Å². The number of nitrogens with two attached hydrogens (primary N) is 1. The van der Waals surface area contributed by atoms with Crippen molar-refractivity contribution in [3.8, 4) is 0 Å². The molecular weight excluding hydrogens is 252 g/mol. The molecule has 2 atom stereocenters. The van der Waals surface area contributed by atoms with Gasteiger partial charge in [0, 0.05) is 31.5 Å². The Labute approximate surface area is 119 Å². The van der Waals surface area contributed by atoms with Crippen LogP contribution >= 0.6 is 0 Å². The lowest BCUT2D eigenvalue weighted by molar-refractivity contribution is -0.154. The first kappa shape index (κ1) is 13.6. The van der Waals surface area contributed by atoms with E-state index in [2.05, 4.69) is 17.0 Å². The monoisotopic (exact) mass is 274 g/mol. The van der Waals surface area contributed by atoms with Gasteiger partial charge in [-0.2, -0.15) is 0 Å². The Bertz CT molecular complexity index is 475. The molecule has 1 aromatic carbocycles. The quantitative estimate of drug-likeness (QED) is 0.880. The van der Waals surface area contributed by atoms with Gasteiger partial charge in [-0.3, -0.25) is 9.69 Å². The van der Waals surface area contributed by atoms with E-state index in [-0.39, 0.29) is 11.8 Å². The molecule has 2 unspecified atom stereocenters. The number of hydrogen-bond donors (Lipinski definition) is 2. The van der Waals surface area contributed by atoms with Crippen molar-refractivity contribution >= 4 is 5.97 Å². The number of carboxylic acid groups (broad SMARTS) is 1. The van der Waals surface area contributed by atoms with Gasteiger partial charge >= 0.3 is 5.97 Å². The zero-order valence-corrected chi connectivity index (χ0v) is 11.7. The van der Waals surface area contributed by atoms with Crippen molar-refractivity contribution < 1.29 is 9.90 Å². The van der Waals surface area contributed by atoms with Gasteiger partial charge in [-0.15, -0.1) is 0 Å². The molecule has 3 N–H and O–H groups in total. The van der Waals surface area contributed by atoms with Gasteiger partial charge in [-0.05, 0) is 18.4 Å². The summed E-state index contributed by atoms with van der Waals surface area (Å²) in [6.07, 6.45) is 2.98. The Morgan fingerprint density at radius 3 is 2.40 bits per heavy atom. The molecule has 0 radical (unpaired) electrons. The largest absolute Gasteiger partial charge is 0.480 e. The van der Waals surface area contributed by atoms with E-state index in [1.807, 2.05) is 18.2 Å². The second kappa shape index (κ2) is 5.19. The third-order valence-electron chi connectivity index (χ3n) is 5.03. The molecule has 1 aliphatic heterocycles. The Kier molecular flexibility index (Phi) is 3.52. The van der Waals surface area contributed by atoms with Crippen molar-refractivity contribution in [2.45, 2.75) is 31.3 Å². The highest BCUT2D eigenvalue weighted by Gasteiger charge is 2.54. The summed E-state index contributed by atoms with van der Waals surface area (Å²) in [7, 11) is 0. The number of fused-ring (bicyclic) bond motifs is 2. The van der Waals surface area contributed by atoms with Gasteiger partial charge < -0.3 is 10.8 Å². The Hall–Kier alpha value is -1.39. The summed E-state index contributed by atoms with van der Waals surface area (Å²) in [5.74, 6) is -0.654. The molecule has 0 amide bonds. The highest BCUT2D eigenvalue weighted by Crippen LogP contribution is 2.41. The van der Waals surface area contributed by atoms with Crippen LogP contribution in [0.15, 0.2) is 30.3 Å². The molecule has 1 heterocycles. The minimum atomic E-state index is -1.01. The number of likely N-dealkylation sites (tertiary alicyclic amines) is 1. The van der Waals surface area contributed by atoms with Crippen LogP contribution in [0.3, 0.4) is 0 Å². The topological polar surface area (TPSA) is 66.6 Å². The second-order valence-electron chi connectivity index (χ2n) is 6.24. The molecule has 3 rings (SSSR count). The highest BCUT2D eigenvalue weighted by molar-refractivity contribution is 5.80. The standard InChI is InChI=1S/C16H22N2O2/c17-16(15(19)20)13-7-4-8-14(16)11-18(10-13)9-12-5-2-1-3-6-12/h1-3,5-6,13-14H,4,7-11,17H2,(H,19,20). The molecule has 1 saturated heterocycles. The smallest absolute Gasteiger partial charge is 0.324 e. The number of benzene rings is 1. The predicted molar refractivity (Wildman–Crippen MR) is 77.1 cm³/mol. The lowest BCUT2D eigenvalue weighted by atomic mass is 9.63. The summed E-state index contributed by atoms with van der Waals surface area (Å²) in [6.45, 7) is 2.49. The molecule has 1 aromatic rings. The first-order chi connectivity index (χ1) is 9.60. The Morgan fingerprint density at radius 2 is 1.85 bits per heavy atom. The lowest BCUT2D eigenvalue weighted by Gasteiger charge is -2.51. The number of rotatable bonds is 3. The van der Waals surface area contributed by atoms with Gasteiger partial charge in [-0.1, -0.05) is 36.8 Å². The maximum Gasteiger partial charge on any atom is 0.324 e. The maximum absolute atomic E-state index is 11.6. The Balaban J connectivity index is 1.76. The van der Waals surface area contributed by atoms with Crippen molar-refractivity contribution in [2.75, 3.05) is 13.1 Å². The van der Waals surface area contributed by atoms with Crippen LogP contribution in [0.2, 0.25) is 0 Å². The van der Waals surface area contributed by atoms with Crippen molar-refractivity contribution in [1.29, 1.82) is 0 Å². The summed E-state index contributed by atoms with van der Waals surface area (Å²) < 4.78 is 0. The zero-order valence-electron chi connectivity index (χ0n) is 11.7. The zero-order chi connectivity index (χ0) is 14.2. The summed E-state index contributed by atoms with van der Waals surface area (Å²) in [5.41, 5.74) is 6.56. The van der Waals surface area contributed by atoms with Crippen molar-refractivity contribution in [1.82, 2.24) is 4.90 Å². The molecule has 2 aliphatic rings. The fourth-order valence-electron chi connectivity index (χ4n) is 3.92. The maximum atomic E-state index is 11.6. The van der Waals surface area contributed by atoms with Gasteiger partial charge in [-0.25, -0.2) is 0 Å². The van der Waals surface area contributed by atoms with Gasteiger partial charge in [0.05, 0.1) is 0 Å². The van der Waals surface area contributed by atoms with E-state index in [1.54, 1.807) is 0 Å². The third-order valence-corrected chi connectivity index (χ3v) is 5.03. The van der Waals surface area contributed by atoms with E-state index in [1.165, 1.54) is 5.56 Å². The molecule has 1 aliphatic carbocycles. The molecular formula is C16H22N2O2. The first-order valence-electron chi connectivity index (χ1n) is 7.39. The van der Waals surface area contributed by atoms with E-state index >= 15 is 0 Å². The highest BCUT2D eigenvalue weighted by atomic mass is 16.4. The Morgan fingerprint density at radius 1 is 1.25 bits per heavy atom. The minimum absolute atomic E-state index is 0.0798. The van der Waals surface area contributed by atoms with E-state index in [0.717, 1.165) is 38.9 Å². The molecule has 0 aromatic heterocycles. The van der Waals surface area contributed by atoms with Crippen LogP contribution in [0.4, 0.5) is 0 Å². The van der Waals surface area contributed by atoms with Crippen LogP contribution in [0.25, 0.3) is 0 Å². The van der Waals surface area contributed by atoms with E-state index in [0.29, 0.717) is 0 Å². The molecule has 0 spiro atoms. The molecule has 108 valence electrons. The molecule has 4 nitrogen and oxygen atoms in total. The normalized spacial score (nSPS) is 33.9. The molecule has 2 bridgehead atoms. The molecule has 20 heavy (non-hydrogen) atoms. The number of aliphatic carboxylic acids is 1. The average molecular weight is 274 g/mol. The van der Waals surface area contributed by atoms with Crippen LogP contribution in [-0.4, -0.2) is 34.6 Å². The number of carbonyl (C=O) groups is 1. The van der Waals surface area contributed by atoms with Crippen LogP contribution in [0, 0.1) is 11.8 Å². The second-order valence-corrected chi connectivity index (χ2v) is 6.24. The predicted octanol–water partition coefficient (Wildman–Crippen LogP) is 1.70. The van der Waals surface area contributed by atoms with Gasteiger partial charge in [0.15, 0.2) is 0 Å². The van der Waals surface area contributed by atoms with Crippen LogP contribution in [0.1, 0.15) is 24.8 Å². The lowest BCUT2D eigenvalue weighted by Crippen LogP contribution is -2.68. The number of piperidine rings is 1. The summed E-state index contributed by atoms with van der Waals surface area (Å²) in [6, 6.07) is 10.4. The minimum Gasteiger partial charge on any atom is -0.480 e. The van der Waals surface area contributed by atoms with Crippen LogP contribution < -0.4 is 5.73 Å². The molecule has 4 heteroatoms.